The number of nitrogens with one attached hydrogen (secondary N) is 1. The van der Waals surface area contributed by atoms with Crippen LogP contribution in [0.2, 0.25) is 0 Å². The van der Waals surface area contributed by atoms with Crippen LogP contribution in [0.15, 0.2) is 40.1 Å². The van der Waals surface area contributed by atoms with Crippen LogP contribution in [0.1, 0.15) is 10.6 Å². The van der Waals surface area contributed by atoms with E-state index in [4.69, 9.17) is 5.73 Å². The van der Waals surface area contributed by atoms with E-state index in [2.05, 4.69) is 31.9 Å². The first-order valence-electron chi connectivity index (χ1n) is 6.23. The molecule has 7 heteroatoms. The zero-order chi connectivity index (χ0) is 14.7. The summed E-state index contributed by atoms with van der Waals surface area (Å²) < 4.78 is 0. The highest BCUT2D eigenvalue weighted by Gasteiger charge is 2.02. The Hall–Kier alpha value is -2.25. The Labute approximate surface area is 130 Å². The molecule has 0 spiro atoms. The SMILES string of the molecule is Cc1nc(-c2cccc(C=NNc3nc(N)cs3)c2)cs1. The smallest absolute Gasteiger partial charge is 0.205 e. The Morgan fingerprint density at radius 1 is 1.24 bits per heavy atom. The Bertz CT molecular complexity index is 775. The van der Waals surface area contributed by atoms with Crippen molar-refractivity contribution in [3.63, 3.8) is 0 Å². The number of nitrogen functional groups attached to an aromatic ring is 1. The molecule has 21 heavy (non-hydrogen) atoms. The normalized spacial score (nSPS) is 11.1. The molecule has 0 radical (unpaired) electrons. The van der Waals surface area contributed by atoms with Crippen LogP contribution in [0.4, 0.5) is 10.9 Å². The summed E-state index contributed by atoms with van der Waals surface area (Å²) in [5.41, 5.74) is 11.5. The first-order valence-corrected chi connectivity index (χ1v) is 7.99. The van der Waals surface area contributed by atoms with Crippen molar-refractivity contribution in [3.8, 4) is 11.3 Å². The predicted molar refractivity (Wildman–Crippen MR) is 90.0 cm³/mol. The van der Waals surface area contributed by atoms with Crippen molar-refractivity contribution < 1.29 is 0 Å². The van der Waals surface area contributed by atoms with Crippen molar-refractivity contribution in [1.29, 1.82) is 0 Å². The first kappa shape index (κ1) is 13.7. The summed E-state index contributed by atoms with van der Waals surface area (Å²) in [6.45, 7) is 2.00. The van der Waals surface area contributed by atoms with Crippen LogP contribution in [0.25, 0.3) is 11.3 Å². The third-order valence-corrected chi connectivity index (χ3v) is 4.24. The molecule has 0 aliphatic carbocycles. The third kappa shape index (κ3) is 3.45. The zero-order valence-electron chi connectivity index (χ0n) is 11.3. The number of hydrogen-bond donors (Lipinski definition) is 2. The molecule has 0 saturated carbocycles. The number of hydrogen-bond acceptors (Lipinski definition) is 7. The number of anilines is 2. The van der Waals surface area contributed by atoms with Gasteiger partial charge in [-0.25, -0.2) is 9.97 Å². The second kappa shape index (κ2) is 6.02. The molecular weight excluding hydrogens is 302 g/mol. The van der Waals surface area contributed by atoms with Gasteiger partial charge in [0.2, 0.25) is 5.13 Å². The third-order valence-electron chi connectivity index (χ3n) is 2.70. The molecule has 0 aliphatic heterocycles. The molecular formula is C14H13N5S2. The maximum absolute atomic E-state index is 5.55. The number of thiazole rings is 2. The van der Waals surface area contributed by atoms with Gasteiger partial charge in [0, 0.05) is 16.3 Å². The monoisotopic (exact) mass is 315 g/mol. The Balaban J connectivity index is 1.74. The molecule has 5 nitrogen and oxygen atoms in total. The van der Waals surface area contributed by atoms with Crippen molar-refractivity contribution in [2.45, 2.75) is 6.92 Å². The summed E-state index contributed by atoms with van der Waals surface area (Å²) in [5.74, 6) is 0.499. The van der Waals surface area contributed by atoms with Crippen LogP contribution in [0.5, 0.6) is 0 Å². The highest BCUT2D eigenvalue weighted by Crippen LogP contribution is 2.22. The van der Waals surface area contributed by atoms with Gasteiger partial charge in [-0.05, 0) is 18.6 Å². The Kier molecular flexibility index (Phi) is 3.94. The summed E-state index contributed by atoms with van der Waals surface area (Å²) in [4.78, 5) is 8.56. The Morgan fingerprint density at radius 3 is 2.86 bits per heavy atom. The molecule has 3 N–H and O–H groups in total. The molecule has 0 unspecified atom stereocenters. The van der Waals surface area contributed by atoms with Crippen molar-refractivity contribution in [2.75, 3.05) is 11.2 Å². The van der Waals surface area contributed by atoms with E-state index in [-0.39, 0.29) is 0 Å². The van der Waals surface area contributed by atoms with E-state index in [1.807, 2.05) is 25.1 Å². The minimum Gasteiger partial charge on any atom is -0.383 e. The largest absolute Gasteiger partial charge is 0.383 e. The highest BCUT2D eigenvalue weighted by molar-refractivity contribution is 7.14. The van der Waals surface area contributed by atoms with Gasteiger partial charge in [-0.15, -0.1) is 22.7 Å². The maximum Gasteiger partial charge on any atom is 0.205 e. The number of benzene rings is 1. The summed E-state index contributed by atoms with van der Waals surface area (Å²) in [6, 6.07) is 8.08. The molecule has 0 bridgehead atoms. The van der Waals surface area contributed by atoms with Crippen molar-refractivity contribution >= 4 is 39.8 Å². The average molecular weight is 315 g/mol. The molecule has 0 atom stereocenters. The van der Waals surface area contributed by atoms with E-state index in [1.54, 1.807) is 22.9 Å². The minimum absolute atomic E-state index is 0.499. The summed E-state index contributed by atoms with van der Waals surface area (Å²) in [6.07, 6.45) is 1.75. The van der Waals surface area contributed by atoms with E-state index < -0.39 is 0 Å². The summed E-state index contributed by atoms with van der Waals surface area (Å²) >= 11 is 3.06. The lowest BCUT2D eigenvalue weighted by molar-refractivity contribution is 1.29. The zero-order valence-corrected chi connectivity index (χ0v) is 12.9. The van der Waals surface area contributed by atoms with E-state index in [1.165, 1.54) is 11.3 Å². The number of nitrogens with two attached hydrogens (primary N) is 1. The van der Waals surface area contributed by atoms with Crippen LogP contribution >= 0.6 is 22.7 Å². The van der Waals surface area contributed by atoms with Gasteiger partial charge in [0.15, 0.2) is 0 Å². The fourth-order valence-corrected chi connectivity index (χ4v) is 2.94. The maximum atomic E-state index is 5.55. The quantitative estimate of drug-likeness (QED) is 0.569. The van der Waals surface area contributed by atoms with E-state index in [9.17, 15) is 0 Å². The topological polar surface area (TPSA) is 76.2 Å². The van der Waals surface area contributed by atoms with E-state index in [0.29, 0.717) is 10.9 Å². The Morgan fingerprint density at radius 2 is 2.14 bits per heavy atom. The molecule has 0 amide bonds. The summed E-state index contributed by atoms with van der Waals surface area (Å²) in [7, 11) is 0. The van der Waals surface area contributed by atoms with Gasteiger partial charge in [0.1, 0.15) is 5.82 Å². The number of aromatic nitrogens is 2. The van der Waals surface area contributed by atoms with Crippen molar-refractivity contribution in [2.24, 2.45) is 5.10 Å². The number of nitrogens with zero attached hydrogens (tertiary/aromatic N) is 3. The lowest BCUT2D eigenvalue weighted by Crippen LogP contribution is -1.91. The van der Waals surface area contributed by atoms with Gasteiger partial charge in [-0.3, -0.25) is 5.43 Å². The molecule has 0 aliphatic rings. The lowest BCUT2D eigenvalue weighted by Gasteiger charge is -1.99. The van der Waals surface area contributed by atoms with E-state index in [0.717, 1.165) is 21.8 Å². The minimum atomic E-state index is 0.499. The molecule has 2 aromatic heterocycles. The van der Waals surface area contributed by atoms with Crippen LogP contribution in [-0.2, 0) is 0 Å². The molecule has 0 fully saturated rings. The average Bonchev–Trinajstić information content (AvgIpc) is 3.08. The van der Waals surface area contributed by atoms with Crippen LogP contribution < -0.4 is 11.2 Å². The number of aryl methyl sites for hydroxylation is 1. The predicted octanol–water partition coefficient (Wildman–Crippen LogP) is 3.60. The molecule has 2 heterocycles. The van der Waals surface area contributed by atoms with E-state index >= 15 is 0 Å². The fourth-order valence-electron chi connectivity index (χ4n) is 1.77. The first-order chi connectivity index (χ1) is 10.2. The van der Waals surface area contributed by atoms with Gasteiger partial charge in [-0.2, -0.15) is 5.10 Å². The molecule has 3 rings (SSSR count). The molecule has 3 aromatic rings. The van der Waals surface area contributed by atoms with Crippen LogP contribution in [0.3, 0.4) is 0 Å². The van der Waals surface area contributed by atoms with Gasteiger partial charge in [0.25, 0.3) is 0 Å². The van der Waals surface area contributed by atoms with Crippen LogP contribution in [-0.4, -0.2) is 16.2 Å². The molecule has 106 valence electrons. The van der Waals surface area contributed by atoms with Crippen LogP contribution in [0, 0.1) is 6.92 Å². The second-order valence-corrected chi connectivity index (χ2v) is 6.25. The van der Waals surface area contributed by atoms with Gasteiger partial charge < -0.3 is 5.73 Å². The molecule has 0 saturated heterocycles. The van der Waals surface area contributed by atoms with Crippen molar-refractivity contribution in [1.82, 2.24) is 9.97 Å². The summed E-state index contributed by atoms with van der Waals surface area (Å²) in [5, 5.41) is 9.73. The fraction of sp³-hybridized carbons (Fsp3) is 0.0714. The van der Waals surface area contributed by atoms with Gasteiger partial charge in [-0.1, -0.05) is 18.2 Å². The van der Waals surface area contributed by atoms with Gasteiger partial charge in [0.05, 0.1) is 16.9 Å². The number of hydrazone groups is 1. The second-order valence-electron chi connectivity index (χ2n) is 4.32. The lowest BCUT2D eigenvalue weighted by atomic mass is 10.1. The highest BCUT2D eigenvalue weighted by atomic mass is 32.1. The molecule has 1 aromatic carbocycles. The number of rotatable bonds is 4. The standard InChI is InChI=1S/C14H13N5S2/c1-9-17-12(7-20-9)11-4-2-3-10(5-11)6-16-19-14-18-13(15)8-21-14/h2-8H,15H2,1H3,(H,18,19). The van der Waals surface area contributed by atoms with Crippen molar-refractivity contribution in [3.05, 3.63) is 45.6 Å². The van der Waals surface area contributed by atoms with Gasteiger partial charge >= 0.3 is 0 Å².